The maximum absolute atomic E-state index is 12.4. The Morgan fingerprint density at radius 3 is 2.78 bits per heavy atom. The van der Waals surface area contributed by atoms with Crippen LogP contribution in [0.3, 0.4) is 0 Å². The molecule has 1 aliphatic heterocycles. The van der Waals surface area contributed by atoms with Crippen LogP contribution >= 0.6 is 11.6 Å². The van der Waals surface area contributed by atoms with Crippen LogP contribution in [0, 0.1) is 0 Å². The van der Waals surface area contributed by atoms with Crippen LogP contribution in [0.4, 0.5) is 0 Å². The molecule has 0 aliphatic carbocycles. The Morgan fingerprint density at radius 2 is 2.17 bits per heavy atom. The van der Waals surface area contributed by atoms with E-state index in [1.165, 1.54) is 0 Å². The van der Waals surface area contributed by atoms with Gasteiger partial charge in [-0.1, -0.05) is 23.7 Å². The van der Waals surface area contributed by atoms with Crippen LogP contribution in [0.25, 0.3) is 0 Å². The minimum atomic E-state index is -0.200. The summed E-state index contributed by atoms with van der Waals surface area (Å²) in [4.78, 5) is 35.7. The van der Waals surface area contributed by atoms with Gasteiger partial charge < -0.3 is 5.32 Å². The molecule has 2 atom stereocenters. The first-order valence-corrected chi connectivity index (χ1v) is 8.24. The Bertz CT molecular complexity index is 605. The lowest BCUT2D eigenvalue weighted by Gasteiger charge is -2.28. The van der Waals surface area contributed by atoms with E-state index in [1.54, 1.807) is 12.1 Å². The molecule has 1 aliphatic rings. The number of carbonyl (C=O) groups is 3. The normalized spacial score (nSPS) is 23.5. The molecule has 0 spiro atoms. The van der Waals surface area contributed by atoms with Gasteiger partial charge >= 0.3 is 12.3 Å². The Labute approximate surface area is 141 Å². The highest BCUT2D eigenvalue weighted by atomic mass is 35.5. The van der Waals surface area contributed by atoms with Crippen LogP contribution in [-0.2, 0) is 20.9 Å². The number of quaternary nitrogens is 1. The number of hydrogen-bond donors (Lipinski definition) is 1. The first kappa shape index (κ1) is 17.6. The van der Waals surface area contributed by atoms with Crippen LogP contribution in [0.5, 0.6) is 0 Å². The van der Waals surface area contributed by atoms with Crippen molar-refractivity contribution in [2.24, 2.45) is 0 Å². The Balaban J connectivity index is 1.82. The minimum absolute atomic E-state index is 0.00882. The van der Waals surface area contributed by atoms with E-state index in [0.717, 1.165) is 24.8 Å². The Kier molecular flexibility index (Phi) is 5.91. The molecule has 1 heterocycles. The summed E-state index contributed by atoms with van der Waals surface area (Å²) in [6.45, 7) is 2.84. The zero-order valence-electron chi connectivity index (χ0n) is 13.3. The van der Waals surface area contributed by atoms with Crippen molar-refractivity contribution in [1.82, 2.24) is 5.32 Å². The molecule has 0 saturated carbocycles. The number of imide groups is 1. The molecule has 1 saturated heterocycles. The second-order valence-corrected chi connectivity index (χ2v) is 6.49. The fourth-order valence-electron chi connectivity index (χ4n) is 3.05. The van der Waals surface area contributed by atoms with Crippen molar-refractivity contribution in [3.05, 3.63) is 34.9 Å². The average molecular weight is 338 g/mol. The maximum Gasteiger partial charge on any atom is 0.321 e. The molecule has 6 heteroatoms. The maximum atomic E-state index is 12.4. The van der Waals surface area contributed by atoms with Gasteiger partial charge in [-0.2, -0.15) is 4.48 Å². The predicted octanol–water partition coefficient (Wildman–Crippen LogP) is 2.42. The highest BCUT2D eigenvalue weighted by Crippen LogP contribution is 2.26. The molecule has 1 N–H and O–H groups in total. The molecule has 1 unspecified atom stereocenters. The minimum Gasteiger partial charge on any atom is -0.352 e. The van der Waals surface area contributed by atoms with E-state index in [0.29, 0.717) is 18.1 Å². The number of benzene rings is 1. The summed E-state index contributed by atoms with van der Waals surface area (Å²) < 4.78 is -0.137. The quantitative estimate of drug-likeness (QED) is 0.640. The Hall–Kier alpha value is -1.72. The van der Waals surface area contributed by atoms with Gasteiger partial charge in [0.05, 0.1) is 13.0 Å². The van der Waals surface area contributed by atoms with Gasteiger partial charge in [0.1, 0.15) is 6.04 Å². The van der Waals surface area contributed by atoms with E-state index < -0.39 is 0 Å². The topological polar surface area (TPSA) is 63.2 Å². The van der Waals surface area contributed by atoms with E-state index in [2.05, 4.69) is 5.32 Å². The molecule has 0 radical (unpaired) electrons. The van der Waals surface area contributed by atoms with Gasteiger partial charge in [0.2, 0.25) is 5.91 Å². The van der Waals surface area contributed by atoms with Gasteiger partial charge in [0, 0.05) is 30.8 Å². The third-order valence-corrected chi connectivity index (χ3v) is 4.77. The summed E-state index contributed by atoms with van der Waals surface area (Å²) in [5, 5.41) is 3.39. The third-order valence-electron chi connectivity index (χ3n) is 4.53. The molecule has 0 aromatic heterocycles. The summed E-state index contributed by atoms with van der Waals surface area (Å²) in [6.07, 6.45) is 2.66. The van der Waals surface area contributed by atoms with Crippen LogP contribution in [-0.4, -0.2) is 35.3 Å². The zero-order valence-corrected chi connectivity index (χ0v) is 14.0. The van der Waals surface area contributed by atoms with Gasteiger partial charge in [-0.15, -0.1) is 0 Å². The zero-order chi connectivity index (χ0) is 16.9. The molecule has 1 fully saturated rings. The number of nitrogens with one attached hydrogen (secondary N) is 1. The number of nitrogens with zero attached hydrogens (tertiary/aromatic N) is 1. The Morgan fingerprint density at radius 1 is 1.39 bits per heavy atom. The summed E-state index contributed by atoms with van der Waals surface area (Å²) in [6, 6.07) is 7.25. The van der Waals surface area contributed by atoms with Crippen LogP contribution in [0.1, 0.15) is 38.2 Å². The van der Waals surface area contributed by atoms with E-state index in [1.807, 2.05) is 19.1 Å². The van der Waals surface area contributed by atoms with Gasteiger partial charge in [-0.25, -0.2) is 9.59 Å². The number of rotatable bonds is 6. The van der Waals surface area contributed by atoms with Crippen molar-refractivity contribution in [2.45, 2.75) is 45.2 Å². The summed E-state index contributed by atoms with van der Waals surface area (Å²) in [5.41, 5.74) is 0.904. The fourth-order valence-corrected chi connectivity index (χ4v) is 3.26. The molecular formula is C17H22ClN2O3+. The summed E-state index contributed by atoms with van der Waals surface area (Å²) >= 11 is 5.89. The number of likely N-dealkylation sites (tertiary alicyclic amines) is 1. The van der Waals surface area contributed by atoms with Crippen molar-refractivity contribution in [3.63, 3.8) is 0 Å². The molecule has 1 aromatic carbocycles. The van der Waals surface area contributed by atoms with Crippen LogP contribution in [0.2, 0.25) is 5.02 Å². The molecule has 0 bridgehead atoms. The molecule has 2 rings (SSSR count). The van der Waals surface area contributed by atoms with Crippen molar-refractivity contribution >= 4 is 29.8 Å². The monoisotopic (exact) mass is 337 g/mol. The smallest absolute Gasteiger partial charge is 0.321 e. The van der Waals surface area contributed by atoms with Crippen molar-refractivity contribution in [2.75, 3.05) is 6.54 Å². The lowest BCUT2D eigenvalue weighted by molar-refractivity contribution is -0.780. The molecule has 124 valence electrons. The van der Waals surface area contributed by atoms with E-state index in [9.17, 15) is 14.4 Å². The number of amides is 3. The second-order valence-electron chi connectivity index (χ2n) is 6.05. The van der Waals surface area contributed by atoms with Gasteiger partial charge in [-0.3, -0.25) is 4.79 Å². The summed E-state index contributed by atoms with van der Waals surface area (Å²) in [7, 11) is 0. The first-order valence-electron chi connectivity index (χ1n) is 7.86. The van der Waals surface area contributed by atoms with Crippen molar-refractivity contribution < 1.29 is 18.9 Å². The van der Waals surface area contributed by atoms with Crippen molar-refractivity contribution in [1.29, 1.82) is 0 Å². The first-order chi connectivity index (χ1) is 11.0. The number of halogens is 1. The fraction of sp³-hybridized carbons (Fsp3) is 0.471. The van der Waals surface area contributed by atoms with Gasteiger partial charge in [0.15, 0.2) is 0 Å². The third kappa shape index (κ3) is 4.18. The van der Waals surface area contributed by atoms with Gasteiger partial charge in [0.25, 0.3) is 0 Å². The number of hydrogen-bond acceptors (Lipinski definition) is 3. The van der Waals surface area contributed by atoms with E-state index in [-0.39, 0.29) is 35.2 Å². The predicted molar refractivity (Wildman–Crippen MR) is 87.4 cm³/mol. The largest absolute Gasteiger partial charge is 0.352 e. The van der Waals surface area contributed by atoms with Crippen LogP contribution < -0.4 is 5.32 Å². The van der Waals surface area contributed by atoms with Gasteiger partial charge in [-0.05, 0) is 24.6 Å². The average Bonchev–Trinajstić information content (AvgIpc) is 2.92. The molecule has 3 amide bonds. The van der Waals surface area contributed by atoms with E-state index >= 15 is 0 Å². The lowest BCUT2D eigenvalue weighted by Crippen LogP contribution is -2.54. The molecular weight excluding hydrogens is 316 g/mol. The number of carbonyl (C=O) groups excluding carboxylic acids is 3. The molecule has 23 heavy (non-hydrogen) atoms. The lowest BCUT2D eigenvalue weighted by atomic mass is 10.2. The SMILES string of the molecule is C[C@@H]1CCC[N+]1(C=O)C(=O)CCC(=O)NCc1cccc(Cl)c1. The highest BCUT2D eigenvalue weighted by molar-refractivity contribution is 6.30. The van der Waals surface area contributed by atoms with Crippen LogP contribution in [0.15, 0.2) is 24.3 Å². The second kappa shape index (κ2) is 7.70. The van der Waals surface area contributed by atoms with E-state index in [4.69, 9.17) is 11.6 Å². The summed E-state index contributed by atoms with van der Waals surface area (Å²) in [5.74, 6) is -0.364. The molecule has 1 aromatic rings. The highest BCUT2D eigenvalue weighted by Gasteiger charge is 2.45. The molecule has 5 nitrogen and oxygen atoms in total. The standard InChI is InChI=1S/C17H21ClN2O3/c1-13-4-3-9-20(13,12-21)17(23)8-7-16(22)19-11-14-5-2-6-15(18)10-14/h2,5-6,10,12-13H,3-4,7-9,11H2,1H3/p+1/t13-,20?/m1/s1. The van der Waals surface area contributed by atoms with Crippen molar-refractivity contribution in [3.8, 4) is 0 Å².